The van der Waals surface area contributed by atoms with Crippen molar-refractivity contribution in [3.63, 3.8) is 0 Å². The largest absolute Gasteiger partial charge is 0.490 e. The summed E-state index contributed by atoms with van der Waals surface area (Å²) in [6.45, 7) is 4.28. The third-order valence-electron chi connectivity index (χ3n) is 5.04. The maximum Gasteiger partial charge on any atom is 0.256 e. The maximum absolute atomic E-state index is 13.9. The number of benzene rings is 2. The van der Waals surface area contributed by atoms with Gasteiger partial charge in [0.2, 0.25) is 0 Å². The van der Waals surface area contributed by atoms with Crippen LogP contribution in [-0.4, -0.2) is 55.7 Å². The predicted octanol–water partition coefficient (Wildman–Crippen LogP) is 3.28. The Balaban J connectivity index is 1.53. The van der Waals surface area contributed by atoms with E-state index in [1.807, 2.05) is 13.0 Å². The average molecular weight is 414 g/mol. The van der Waals surface area contributed by atoms with E-state index in [0.717, 1.165) is 0 Å². The number of amides is 2. The second-order valence-electron chi connectivity index (χ2n) is 7.06. The highest BCUT2D eigenvalue weighted by Gasteiger charge is 2.26. The summed E-state index contributed by atoms with van der Waals surface area (Å²) in [6.07, 6.45) is 1.22. The van der Waals surface area contributed by atoms with Crippen LogP contribution in [0.4, 0.5) is 4.39 Å². The van der Waals surface area contributed by atoms with Crippen molar-refractivity contribution >= 4 is 11.8 Å². The smallest absolute Gasteiger partial charge is 0.256 e. The van der Waals surface area contributed by atoms with Gasteiger partial charge in [-0.05, 0) is 44.0 Å². The Bertz CT molecular complexity index is 866. The molecule has 2 aromatic rings. The molecule has 0 bridgehead atoms. The topological polar surface area (TPSA) is 67.9 Å². The second kappa shape index (κ2) is 10.7. The second-order valence-corrected chi connectivity index (χ2v) is 7.06. The summed E-state index contributed by atoms with van der Waals surface area (Å²) in [7, 11) is 0. The molecule has 0 radical (unpaired) electrons. The molecule has 0 aromatic heterocycles. The number of carbonyl (C=O) groups excluding carboxylic acids is 2. The van der Waals surface area contributed by atoms with Crippen molar-refractivity contribution in [3.05, 3.63) is 65.5 Å². The molecule has 0 aliphatic carbocycles. The summed E-state index contributed by atoms with van der Waals surface area (Å²) in [5, 5.41) is 3.03. The highest BCUT2D eigenvalue weighted by Crippen LogP contribution is 2.20. The molecule has 1 N–H and O–H groups in total. The van der Waals surface area contributed by atoms with Crippen LogP contribution in [0.1, 0.15) is 40.5 Å². The standard InChI is InChI=1S/C23H27FN2O4/c1-2-29-15-16-30-21-10-6-4-8-19(21)22(27)25-17-11-13-26(14-12-17)23(28)18-7-3-5-9-20(18)24/h3-10,17H,2,11-16H2,1H3,(H,25,27). The number of nitrogens with zero attached hydrogens (tertiary/aromatic N) is 1. The average Bonchev–Trinajstić information content (AvgIpc) is 2.77. The molecular formula is C23H27FN2O4. The fourth-order valence-corrected chi connectivity index (χ4v) is 3.43. The van der Waals surface area contributed by atoms with Crippen LogP contribution < -0.4 is 10.1 Å². The van der Waals surface area contributed by atoms with E-state index in [4.69, 9.17) is 9.47 Å². The van der Waals surface area contributed by atoms with E-state index in [0.29, 0.717) is 57.1 Å². The Hall–Kier alpha value is -2.93. The van der Waals surface area contributed by atoms with Crippen LogP contribution in [0.2, 0.25) is 0 Å². The number of carbonyl (C=O) groups is 2. The molecule has 0 spiro atoms. The monoisotopic (exact) mass is 414 g/mol. The SMILES string of the molecule is CCOCCOc1ccccc1C(=O)NC1CCN(C(=O)c2ccccc2F)CC1. The number of ether oxygens (including phenoxy) is 2. The molecule has 0 saturated carbocycles. The van der Waals surface area contributed by atoms with Gasteiger partial charge in [0.05, 0.1) is 17.7 Å². The predicted molar refractivity (Wildman–Crippen MR) is 111 cm³/mol. The molecule has 160 valence electrons. The van der Waals surface area contributed by atoms with E-state index >= 15 is 0 Å². The van der Waals surface area contributed by atoms with Crippen molar-refractivity contribution in [1.82, 2.24) is 10.2 Å². The molecule has 0 unspecified atom stereocenters. The van der Waals surface area contributed by atoms with E-state index in [9.17, 15) is 14.0 Å². The first-order valence-electron chi connectivity index (χ1n) is 10.2. The van der Waals surface area contributed by atoms with Gasteiger partial charge in [-0.25, -0.2) is 4.39 Å². The first-order valence-corrected chi connectivity index (χ1v) is 10.2. The molecule has 6 nitrogen and oxygen atoms in total. The van der Waals surface area contributed by atoms with Gasteiger partial charge in [0.15, 0.2) is 0 Å². The third kappa shape index (κ3) is 5.57. The Labute approximate surface area is 176 Å². The van der Waals surface area contributed by atoms with Gasteiger partial charge in [-0.15, -0.1) is 0 Å². The molecule has 2 amide bonds. The van der Waals surface area contributed by atoms with Crippen LogP contribution in [0.25, 0.3) is 0 Å². The summed E-state index contributed by atoms with van der Waals surface area (Å²) in [5.41, 5.74) is 0.553. The van der Waals surface area contributed by atoms with Crippen molar-refractivity contribution in [3.8, 4) is 5.75 Å². The Kier molecular flexibility index (Phi) is 7.79. The zero-order chi connectivity index (χ0) is 21.3. The molecular weight excluding hydrogens is 387 g/mol. The van der Waals surface area contributed by atoms with Crippen molar-refractivity contribution in [2.75, 3.05) is 32.9 Å². The number of halogens is 1. The Morgan fingerprint density at radius 2 is 1.70 bits per heavy atom. The van der Waals surface area contributed by atoms with Gasteiger partial charge < -0.3 is 19.7 Å². The first-order chi connectivity index (χ1) is 14.6. The van der Waals surface area contributed by atoms with Gasteiger partial charge in [0.25, 0.3) is 11.8 Å². The van der Waals surface area contributed by atoms with Gasteiger partial charge in [0.1, 0.15) is 18.2 Å². The van der Waals surface area contributed by atoms with Gasteiger partial charge in [-0.2, -0.15) is 0 Å². The lowest BCUT2D eigenvalue weighted by Crippen LogP contribution is -2.46. The number of para-hydroxylation sites is 1. The minimum absolute atomic E-state index is 0.0568. The fraction of sp³-hybridized carbons (Fsp3) is 0.391. The lowest BCUT2D eigenvalue weighted by atomic mass is 10.0. The number of likely N-dealkylation sites (tertiary alicyclic amines) is 1. The first kappa shape index (κ1) is 21.8. The number of nitrogens with one attached hydrogen (secondary N) is 1. The molecule has 0 atom stereocenters. The van der Waals surface area contributed by atoms with Crippen LogP contribution in [-0.2, 0) is 4.74 Å². The van der Waals surface area contributed by atoms with Crippen molar-refractivity contribution in [2.24, 2.45) is 0 Å². The molecule has 1 aliphatic rings. The van der Waals surface area contributed by atoms with E-state index < -0.39 is 5.82 Å². The maximum atomic E-state index is 13.9. The van der Waals surface area contributed by atoms with Crippen molar-refractivity contribution < 1.29 is 23.5 Å². The zero-order valence-electron chi connectivity index (χ0n) is 17.1. The molecule has 1 heterocycles. The van der Waals surface area contributed by atoms with Crippen molar-refractivity contribution in [1.29, 1.82) is 0 Å². The van der Waals surface area contributed by atoms with E-state index in [2.05, 4.69) is 5.32 Å². The number of piperidine rings is 1. The zero-order valence-corrected chi connectivity index (χ0v) is 17.1. The minimum atomic E-state index is -0.515. The Morgan fingerprint density at radius 1 is 1.03 bits per heavy atom. The molecule has 7 heteroatoms. The van der Waals surface area contributed by atoms with Gasteiger partial charge in [-0.1, -0.05) is 24.3 Å². The van der Waals surface area contributed by atoms with Crippen LogP contribution in [0.5, 0.6) is 5.75 Å². The number of hydrogen-bond acceptors (Lipinski definition) is 4. The highest BCUT2D eigenvalue weighted by atomic mass is 19.1. The van der Waals surface area contributed by atoms with E-state index in [1.54, 1.807) is 35.2 Å². The lowest BCUT2D eigenvalue weighted by molar-refractivity contribution is 0.0693. The number of hydrogen-bond donors (Lipinski definition) is 1. The van der Waals surface area contributed by atoms with E-state index in [-0.39, 0.29) is 23.4 Å². The fourth-order valence-electron chi connectivity index (χ4n) is 3.43. The summed E-state index contributed by atoms with van der Waals surface area (Å²) < 4.78 is 24.8. The highest BCUT2D eigenvalue weighted by molar-refractivity contribution is 5.97. The summed E-state index contributed by atoms with van der Waals surface area (Å²) in [6, 6.07) is 13.0. The molecule has 3 rings (SSSR count). The molecule has 30 heavy (non-hydrogen) atoms. The summed E-state index contributed by atoms with van der Waals surface area (Å²) in [5.74, 6) is -0.521. The molecule has 2 aromatic carbocycles. The quantitative estimate of drug-likeness (QED) is 0.674. The van der Waals surface area contributed by atoms with E-state index in [1.165, 1.54) is 12.1 Å². The Morgan fingerprint density at radius 3 is 2.40 bits per heavy atom. The molecule has 1 fully saturated rings. The van der Waals surface area contributed by atoms with Crippen LogP contribution in [0, 0.1) is 5.82 Å². The van der Waals surface area contributed by atoms with Crippen LogP contribution in [0.3, 0.4) is 0 Å². The normalized spacial score (nSPS) is 14.4. The summed E-state index contributed by atoms with van der Waals surface area (Å²) in [4.78, 5) is 26.9. The third-order valence-corrected chi connectivity index (χ3v) is 5.04. The molecule has 1 saturated heterocycles. The molecule has 1 aliphatic heterocycles. The van der Waals surface area contributed by atoms with Gasteiger partial charge in [-0.3, -0.25) is 9.59 Å². The number of rotatable bonds is 8. The van der Waals surface area contributed by atoms with Crippen LogP contribution >= 0.6 is 0 Å². The van der Waals surface area contributed by atoms with Gasteiger partial charge >= 0.3 is 0 Å². The summed E-state index contributed by atoms with van der Waals surface area (Å²) >= 11 is 0. The van der Waals surface area contributed by atoms with Crippen LogP contribution in [0.15, 0.2) is 48.5 Å². The lowest BCUT2D eigenvalue weighted by Gasteiger charge is -2.32. The van der Waals surface area contributed by atoms with Crippen molar-refractivity contribution in [2.45, 2.75) is 25.8 Å². The minimum Gasteiger partial charge on any atom is -0.490 e. The van der Waals surface area contributed by atoms with Gasteiger partial charge in [0, 0.05) is 25.7 Å².